The van der Waals surface area contributed by atoms with Gasteiger partial charge in [0, 0.05) is 4.47 Å². The van der Waals surface area contributed by atoms with E-state index < -0.39 is 6.61 Å². The smallest absolute Gasteiger partial charge is 0.387 e. The van der Waals surface area contributed by atoms with E-state index in [0.29, 0.717) is 8.95 Å². The van der Waals surface area contributed by atoms with Crippen LogP contribution in [0.4, 0.5) is 8.78 Å². The fourth-order valence-corrected chi connectivity index (χ4v) is 1.75. The number of aryl methyl sites for hydroxylation is 1. The second kappa shape index (κ2) is 4.37. The van der Waals surface area contributed by atoms with Gasteiger partial charge in [0.25, 0.3) is 0 Å². The Morgan fingerprint density at radius 3 is 2.46 bits per heavy atom. The zero-order chi connectivity index (χ0) is 10.0. The fourth-order valence-electron chi connectivity index (χ4n) is 0.877. The summed E-state index contributed by atoms with van der Waals surface area (Å²) >= 11 is 6.35. The van der Waals surface area contributed by atoms with Crippen molar-refractivity contribution >= 4 is 31.9 Å². The molecule has 1 rings (SSSR count). The summed E-state index contributed by atoms with van der Waals surface area (Å²) in [5.41, 5.74) is 0.838. The molecule has 5 heteroatoms. The average molecular weight is 316 g/mol. The maximum absolute atomic E-state index is 11.9. The van der Waals surface area contributed by atoms with Gasteiger partial charge in [-0.1, -0.05) is 15.9 Å². The van der Waals surface area contributed by atoms with Crippen LogP contribution in [0.2, 0.25) is 0 Å². The van der Waals surface area contributed by atoms with Crippen LogP contribution in [0, 0.1) is 6.92 Å². The molecular formula is C8H6Br2F2O. The van der Waals surface area contributed by atoms with Crippen molar-refractivity contribution in [2.24, 2.45) is 0 Å². The average Bonchev–Trinajstić information content (AvgIpc) is 1.98. The molecule has 0 N–H and O–H groups in total. The number of alkyl halides is 2. The Bertz CT molecular complexity index is 315. The minimum absolute atomic E-state index is 0.141. The van der Waals surface area contributed by atoms with E-state index >= 15 is 0 Å². The fraction of sp³-hybridized carbons (Fsp3) is 0.250. The normalized spacial score (nSPS) is 10.6. The molecule has 1 nitrogen and oxygen atoms in total. The summed E-state index contributed by atoms with van der Waals surface area (Å²) in [7, 11) is 0. The highest BCUT2D eigenvalue weighted by molar-refractivity contribution is 9.11. The Kier molecular flexibility index (Phi) is 3.67. The summed E-state index contributed by atoms with van der Waals surface area (Å²) in [4.78, 5) is 0. The van der Waals surface area contributed by atoms with E-state index in [1.807, 2.05) is 6.07 Å². The quantitative estimate of drug-likeness (QED) is 0.797. The third kappa shape index (κ3) is 2.91. The number of halogens is 4. The third-order valence-electron chi connectivity index (χ3n) is 1.40. The van der Waals surface area contributed by atoms with Gasteiger partial charge in [-0.05, 0) is 40.5 Å². The molecule has 0 spiro atoms. The van der Waals surface area contributed by atoms with Gasteiger partial charge in [0.05, 0.1) is 4.47 Å². The van der Waals surface area contributed by atoms with Crippen molar-refractivity contribution in [3.05, 3.63) is 26.6 Å². The maximum atomic E-state index is 11.9. The second-order valence-electron chi connectivity index (χ2n) is 2.41. The first-order valence-electron chi connectivity index (χ1n) is 3.41. The predicted molar refractivity (Wildman–Crippen MR) is 53.2 cm³/mol. The second-order valence-corrected chi connectivity index (χ2v) is 4.12. The molecule has 0 aliphatic rings. The van der Waals surface area contributed by atoms with Gasteiger partial charge in [-0.2, -0.15) is 8.78 Å². The van der Waals surface area contributed by atoms with Crippen LogP contribution in [0.15, 0.2) is 21.1 Å². The molecule has 1 aromatic rings. The van der Waals surface area contributed by atoms with E-state index in [2.05, 4.69) is 36.6 Å². The first-order valence-corrected chi connectivity index (χ1v) is 4.99. The van der Waals surface area contributed by atoms with Gasteiger partial charge in [-0.3, -0.25) is 0 Å². The van der Waals surface area contributed by atoms with Crippen molar-refractivity contribution < 1.29 is 13.5 Å². The van der Waals surface area contributed by atoms with Gasteiger partial charge in [0.15, 0.2) is 0 Å². The summed E-state index contributed by atoms with van der Waals surface area (Å²) < 4.78 is 29.4. The number of hydrogen-bond donors (Lipinski definition) is 0. The van der Waals surface area contributed by atoms with E-state index in [9.17, 15) is 8.78 Å². The number of rotatable bonds is 2. The van der Waals surface area contributed by atoms with Crippen LogP contribution in [0.5, 0.6) is 5.75 Å². The minimum Gasteiger partial charge on any atom is -0.434 e. The Balaban J connectivity index is 3.05. The highest BCUT2D eigenvalue weighted by Crippen LogP contribution is 2.32. The minimum atomic E-state index is -2.80. The molecule has 0 saturated heterocycles. The van der Waals surface area contributed by atoms with Gasteiger partial charge in [0.2, 0.25) is 0 Å². The monoisotopic (exact) mass is 314 g/mol. The van der Waals surface area contributed by atoms with Crippen molar-refractivity contribution in [2.45, 2.75) is 13.5 Å². The van der Waals surface area contributed by atoms with Crippen molar-refractivity contribution in [3.63, 3.8) is 0 Å². The lowest BCUT2D eigenvalue weighted by Gasteiger charge is -2.09. The zero-order valence-corrected chi connectivity index (χ0v) is 9.82. The molecule has 0 fully saturated rings. The van der Waals surface area contributed by atoms with Gasteiger partial charge in [-0.15, -0.1) is 0 Å². The summed E-state index contributed by atoms with van der Waals surface area (Å²) in [6.45, 7) is -1.00. The molecule has 0 radical (unpaired) electrons. The van der Waals surface area contributed by atoms with Gasteiger partial charge < -0.3 is 4.74 Å². The van der Waals surface area contributed by atoms with Crippen LogP contribution < -0.4 is 4.74 Å². The summed E-state index contributed by atoms with van der Waals surface area (Å²) in [5.74, 6) is 0.141. The molecule has 0 unspecified atom stereocenters. The zero-order valence-electron chi connectivity index (χ0n) is 6.65. The molecule has 0 bridgehead atoms. The highest BCUT2D eigenvalue weighted by Gasteiger charge is 2.10. The molecule has 13 heavy (non-hydrogen) atoms. The number of hydrogen-bond acceptors (Lipinski definition) is 1. The Morgan fingerprint density at radius 2 is 1.92 bits per heavy atom. The molecule has 0 saturated carbocycles. The lowest BCUT2D eigenvalue weighted by molar-refractivity contribution is -0.0504. The first kappa shape index (κ1) is 10.9. The lowest BCUT2D eigenvalue weighted by Crippen LogP contribution is -2.02. The van der Waals surface area contributed by atoms with Crippen molar-refractivity contribution in [2.75, 3.05) is 0 Å². The van der Waals surface area contributed by atoms with Gasteiger partial charge in [0.1, 0.15) is 5.75 Å². The molecular weight excluding hydrogens is 310 g/mol. The van der Waals surface area contributed by atoms with Crippen molar-refractivity contribution in [1.82, 2.24) is 0 Å². The summed E-state index contributed by atoms with van der Waals surface area (Å²) in [5, 5.41) is 0. The lowest BCUT2D eigenvalue weighted by atomic mass is 10.2. The molecule has 0 aliphatic carbocycles. The summed E-state index contributed by atoms with van der Waals surface area (Å²) in [6, 6.07) is 3.30. The Hall–Kier alpha value is -0.160. The molecule has 0 atom stereocenters. The third-order valence-corrected chi connectivity index (χ3v) is 2.88. The van der Waals surface area contributed by atoms with Crippen molar-refractivity contribution in [3.8, 4) is 5.75 Å². The van der Waals surface area contributed by atoms with E-state index in [1.54, 1.807) is 6.92 Å². The Morgan fingerprint density at radius 1 is 1.31 bits per heavy atom. The highest BCUT2D eigenvalue weighted by atomic mass is 79.9. The standard InChI is InChI=1S/C8H6Br2F2O/c1-4-2-5(9)3-6(7(4)10)13-8(11)12/h2-3,8H,1H3. The van der Waals surface area contributed by atoms with Crippen LogP contribution in [-0.4, -0.2) is 6.61 Å². The van der Waals surface area contributed by atoms with Gasteiger partial charge >= 0.3 is 6.61 Å². The largest absolute Gasteiger partial charge is 0.434 e. The summed E-state index contributed by atoms with van der Waals surface area (Å²) in [6.07, 6.45) is 0. The molecule has 72 valence electrons. The molecule has 0 aromatic heterocycles. The number of ether oxygens (including phenoxy) is 1. The van der Waals surface area contributed by atoms with E-state index in [0.717, 1.165) is 5.56 Å². The molecule has 1 aromatic carbocycles. The van der Waals surface area contributed by atoms with Crippen LogP contribution in [0.1, 0.15) is 5.56 Å². The topological polar surface area (TPSA) is 9.23 Å². The van der Waals surface area contributed by atoms with Crippen LogP contribution in [0.25, 0.3) is 0 Å². The molecule has 0 heterocycles. The predicted octanol–water partition coefficient (Wildman–Crippen LogP) is 4.12. The SMILES string of the molecule is Cc1cc(Br)cc(OC(F)F)c1Br. The Labute approximate surface area is 91.3 Å². The molecule has 0 amide bonds. The van der Waals surface area contributed by atoms with E-state index in [-0.39, 0.29) is 5.75 Å². The van der Waals surface area contributed by atoms with E-state index in [4.69, 9.17) is 0 Å². The first-order chi connectivity index (χ1) is 6.00. The van der Waals surface area contributed by atoms with Crippen LogP contribution in [0.3, 0.4) is 0 Å². The van der Waals surface area contributed by atoms with E-state index in [1.165, 1.54) is 6.07 Å². The van der Waals surface area contributed by atoms with Gasteiger partial charge in [-0.25, -0.2) is 0 Å². The molecule has 0 aliphatic heterocycles. The number of benzene rings is 1. The maximum Gasteiger partial charge on any atom is 0.387 e. The van der Waals surface area contributed by atoms with Crippen LogP contribution in [-0.2, 0) is 0 Å². The van der Waals surface area contributed by atoms with Crippen molar-refractivity contribution in [1.29, 1.82) is 0 Å². The van der Waals surface area contributed by atoms with Crippen LogP contribution >= 0.6 is 31.9 Å².